The predicted molar refractivity (Wildman–Crippen MR) is 96.4 cm³/mol. The van der Waals surface area contributed by atoms with Gasteiger partial charge in [0.25, 0.3) is 0 Å². The Morgan fingerprint density at radius 3 is 2.80 bits per heavy atom. The standard InChI is InChI=1S/C17H15ClN4O2S/c1-21(17(23)24)11-12-9-16(25-13-5-4-8-19-10-13)22(20-12)15-7-3-2-6-14(15)18/h2-10H,11H2,1H3,(H,23,24). The SMILES string of the molecule is CN(Cc1cc(Sc2cccnc2)n(-c2ccccc2Cl)n1)C(=O)O. The summed E-state index contributed by atoms with van der Waals surface area (Å²) in [5.41, 5.74) is 1.37. The average Bonchev–Trinajstić information content (AvgIpc) is 2.98. The van der Waals surface area contributed by atoms with Gasteiger partial charge in [0.2, 0.25) is 0 Å². The van der Waals surface area contributed by atoms with Gasteiger partial charge in [0.05, 0.1) is 22.9 Å². The molecular weight excluding hydrogens is 360 g/mol. The Balaban J connectivity index is 2.00. The molecular formula is C17H15ClN4O2S. The zero-order valence-electron chi connectivity index (χ0n) is 13.3. The molecule has 3 aromatic rings. The van der Waals surface area contributed by atoms with Crippen LogP contribution in [0.2, 0.25) is 5.02 Å². The first-order valence-corrected chi connectivity index (χ1v) is 8.60. The van der Waals surface area contributed by atoms with E-state index in [0.29, 0.717) is 10.7 Å². The lowest BCUT2D eigenvalue weighted by atomic mass is 10.3. The van der Waals surface area contributed by atoms with Gasteiger partial charge in [-0.2, -0.15) is 5.10 Å². The molecule has 1 N–H and O–H groups in total. The van der Waals surface area contributed by atoms with Gasteiger partial charge in [-0.1, -0.05) is 35.5 Å². The van der Waals surface area contributed by atoms with Crippen molar-refractivity contribution in [2.75, 3.05) is 7.05 Å². The molecule has 0 unspecified atom stereocenters. The quantitative estimate of drug-likeness (QED) is 0.725. The molecule has 0 spiro atoms. The van der Waals surface area contributed by atoms with Crippen LogP contribution < -0.4 is 0 Å². The van der Waals surface area contributed by atoms with Gasteiger partial charge in [0.15, 0.2) is 0 Å². The lowest BCUT2D eigenvalue weighted by Crippen LogP contribution is -2.24. The highest BCUT2D eigenvalue weighted by Gasteiger charge is 2.16. The first kappa shape index (κ1) is 17.3. The highest BCUT2D eigenvalue weighted by atomic mass is 35.5. The monoisotopic (exact) mass is 374 g/mol. The fourth-order valence-electron chi connectivity index (χ4n) is 2.20. The topological polar surface area (TPSA) is 71.2 Å². The largest absolute Gasteiger partial charge is 0.465 e. The number of carboxylic acid groups (broad SMARTS) is 1. The molecule has 1 aromatic carbocycles. The van der Waals surface area contributed by atoms with Gasteiger partial charge in [-0.15, -0.1) is 0 Å². The number of pyridine rings is 1. The van der Waals surface area contributed by atoms with Crippen LogP contribution in [0, 0.1) is 0 Å². The van der Waals surface area contributed by atoms with Crippen molar-refractivity contribution in [2.24, 2.45) is 0 Å². The summed E-state index contributed by atoms with van der Waals surface area (Å²) < 4.78 is 1.73. The smallest absolute Gasteiger partial charge is 0.407 e. The number of halogens is 1. The normalized spacial score (nSPS) is 10.6. The third-order valence-corrected chi connectivity index (χ3v) is 4.69. The molecule has 8 heteroatoms. The van der Waals surface area contributed by atoms with Crippen molar-refractivity contribution in [3.63, 3.8) is 0 Å². The molecule has 0 atom stereocenters. The predicted octanol–water partition coefficient (Wildman–Crippen LogP) is 4.18. The Morgan fingerprint density at radius 2 is 2.12 bits per heavy atom. The van der Waals surface area contributed by atoms with Crippen LogP contribution in [0.4, 0.5) is 4.79 Å². The second-order valence-corrected chi connectivity index (χ2v) is 6.77. The summed E-state index contributed by atoms with van der Waals surface area (Å²) in [7, 11) is 1.50. The van der Waals surface area contributed by atoms with Gasteiger partial charge in [-0.05, 0) is 30.3 Å². The number of carbonyl (C=O) groups is 1. The maximum atomic E-state index is 11.1. The molecule has 0 aliphatic carbocycles. The van der Waals surface area contributed by atoms with Crippen LogP contribution in [0.15, 0.2) is 64.8 Å². The molecule has 25 heavy (non-hydrogen) atoms. The molecule has 2 aromatic heterocycles. The van der Waals surface area contributed by atoms with Crippen molar-refractivity contribution in [1.29, 1.82) is 0 Å². The van der Waals surface area contributed by atoms with E-state index in [1.165, 1.54) is 23.7 Å². The summed E-state index contributed by atoms with van der Waals surface area (Å²) in [5.74, 6) is 0. The number of aromatic nitrogens is 3. The van der Waals surface area contributed by atoms with E-state index in [1.807, 2.05) is 36.4 Å². The van der Waals surface area contributed by atoms with E-state index in [9.17, 15) is 4.79 Å². The summed E-state index contributed by atoms with van der Waals surface area (Å²) in [4.78, 5) is 17.3. The fourth-order valence-corrected chi connectivity index (χ4v) is 3.33. The van der Waals surface area contributed by atoms with Crippen LogP contribution >= 0.6 is 23.4 Å². The van der Waals surface area contributed by atoms with Crippen LogP contribution in [-0.4, -0.2) is 37.9 Å². The average molecular weight is 375 g/mol. The van der Waals surface area contributed by atoms with E-state index in [0.717, 1.165) is 15.6 Å². The molecule has 0 fully saturated rings. The Bertz CT molecular complexity index is 885. The molecule has 0 bridgehead atoms. The zero-order valence-corrected chi connectivity index (χ0v) is 14.9. The van der Waals surface area contributed by atoms with E-state index in [-0.39, 0.29) is 6.54 Å². The van der Waals surface area contributed by atoms with Crippen molar-refractivity contribution >= 4 is 29.5 Å². The van der Waals surface area contributed by atoms with Crippen molar-refractivity contribution < 1.29 is 9.90 Å². The van der Waals surface area contributed by atoms with Gasteiger partial charge in [-0.25, -0.2) is 9.48 Å². The van der Waals surface area contributed by atoms with E-state index in [4.69, 9.17) is 16.7 Å². The highest BCUT2D eigenvalue weighted by Crippen LogP contribution is 2.32. The Labute approximate surface area is 154 Å². The maximum Gasteiger partial charge on any atom is 0.407 e. The number of rotatable bonds is 5. The number of nitrogens with zero attached hydrogens (tertiary/aromatic N) is 4. The lowest BCUT2D eigenvalue weighted by Gasteiger charge is -2.10. The molecule has 0 saturated heterocycles. The van der Waals surface area contributed by atoms with Crippen LogP contribution in [0.25, 0.3) is 5.69 Å². The van der Waals surface area contributed by atoms with Gasteiger partial charge in [0, 0.05) is 24.3 Å². The Morgan fingerprint density at radius 1 is 1.32 bits per heavy atom. The molecule has 3 rings (SSSR count). The number of amides is 1. The van der Waals surface area contributed by atoms with E-state index in [1.54, 1.807) is 23.1 Å². The minimum atomic E-state index is -1.01. The van der Waals surface area contributed by atoms with Crippen LogP contribution in [0.5, 0.6) is 0 Å². The van der Waals surface area contributed by atoms with Crippen molar-refractivity contribution in [3.8, 4) is 5.69 Å². The van der Waals surface area contributed by atoms with E-state index < -0.39 is 6.09 Å². The minimum absolute atomic E-state index is 0.188. The van der Waals surface area contributed by atoms with Crippen LogP contribution in [0.3, 0.4) is 0 Å². The number of hydrogen-bond acceptors (Lipinski definition) is 4. The van der Waals surface area contributed by atoms with E-state index in [2.05, 4.69) is 10.1 Å². The molecule has 0 radical (unpaired) electrons. The third kappa shape index (κ3) is 4.12. The van der Waals surface area contributed by atoms with Crippen LogP contribution in [0.1, 0.15) is 5.69 Å². The zero-order chi connectivity index (χ0) is 17.8. The number of benzene rings is 1. The minimum Gasteiger partial charge on any atom is -0.465 e. The Hall–Kier alpha value is -2.51. The molecule has 2 heterocycles. The van der Waals surface area contributed by atoms with Crippen molar-refractivity contribution in [3.05, 3.63) is 65.6 Å². The summed E-state index contributed by atoms with van der Waals surface area (Å²) in [6.07, 6.45) is 2.47. The van der Waals surface area contributed by atoms with Crippen molar-refractivity contribution in [1.82, 2.24) is 19.7 Å². The second-order valence-electron chi connectivity index (χ2n) is 5.27. The molecule has 0 aliphatic rings. The second kappa shape index (κ2) is 7.58. The van der Waals surface area contributed by atoms with E-state index >= 15 is 0 Å². The summed E-state index contributed by atoms with van der Waals surface area (Å²) in [6, 6.07) is 13.1. The lowest BCUT2D eigenvalue weighted by molar-refractivity contribution is 0.153. The van der Waals surface area contributed by atoms with Gasteiger partial charge in [0.1, 0.15) is 5.03 Å². The molecule has 128 valence electrons. The fraction of sp³-hybridized carbons (Fsp3) is 0.118. The number of hydrogen-bond donors (Lipinski definition) is 1. The highest BCUT2D eigenvalue weighted by molar-refractivity contribution is 7.99. The first-order chi connectivity index (χ1) is 12.0. The summed E-state index contributed by atoms with van der Waals surface area (Å²) in [5, 5.41) is 15.0. The first-order valence-electron chi connectivity index (χ1n) is 7.40. The molecule has 0 saturated carbocycles. The summed E-state index contributed by atoms with van der Waals surface area (Å²) in [6.45, 7) is 0.188. The van der Waals surface area contributed by atoms with Gasteiger partial charge in [-0.3, -0.25) is 4.98 Å². The molecule has 6 nitrogen and oxygen atoms in total. The summed E-state index contributed by atoms with van der Waals surface area (Å²) >= 11 is 7.80. The van der Waals surface area contributed by atoms with Crippen molar-refractivity contribution in [2.45, 2.75) is 16.5 Å². The number of para-hydroxylation sites is 1. The van der Waals surface area contributed by atoms with Crippen LogP contribution in [-0.2, 0) is 6.54 Å². The maximum absolute atomic E-state index is 11.1. The Kier molecular flexibility index (Phi) is 5.25. The molecule has 1 amide bonds. The van der Waals surface area contributed by atoms with Gasteiger partial charge < -0.3 is 10.0 Å². The third-order valence-electron chi connectivity index (χ3n) is 3.39. The van der Waals surface area contributed by atoms with Gasteiger partial charge >= 0.3 is 6.09 Å². The molecule has 0 aliphatic heterocycles.